The Kier molecular flexibility index (Phi) is 2.64. The summed E-state index contributed by atoms with van der Waals surface area (Å²) in [5.41, 5.74) is 0.775. The third kappa shape index (κ3) is 1.70. The number of rotatable bonds is 2. The second kappa shape index (κ2) is 3.93. The summed E-state index contributed by atoms with van der Waals surface area (Å²) in [6.07, 6.45) is 3.92. The van der Waals surface area contributed by atoms with E-state index in [4.69, 9.17) is 0 Å². The van der Waals surface area contributed by atoms with Gasteiger partial charge in [-0.2, -0.15) is 0 Å². The Labute approximate surface area is 83.6 Å². The first-order valence-corrected chi connectivity index (χ1v) is 4.94. The highest BCUT2D eigenvalue weighted by Crippen LogP contribution is 2.28. The lowest BCUT2D eigenvalue weighted by molar-refractivity contribution is 0.548. The Hall–Kier alpha value is -1.15. The molecule has 0 aliphatic carbocycles. The van der Waals surface area contributed by atoms with Crippen molar-refractivity contribution < 1.29 is 4.39 Å². The van der Waals surface area contributed by atoms with Crippen molar-refractivity contribution in [2.75, 3.05) is 0 Å². The minimum Gasteiger partial charge on any atom is -0.304 e. The Balaban J connectivity index is 2.17. The van der Waals surface area contributed by atoms with Crippen LogP contribution in [0.4, 0.5) is 4.39 Å². The van der Waals surface area contributed by atoms with Gasteiger partial charge in [0.05, 0.1) is 0 Å². The molecule has 1 aliphatic rings. The van der Waals surface area contributed by atoms with Crippen LogP contribution in [0.2, 0.25) is 0 Å². The SMILES string of the molecule is C=C[C@@H]1CC[C@H](c2ccccc2F)N1. The van der Waals surface area contributed by atoms with Crippen LogP contribution in [0, 0.1) is 5.82 Å². The minimum absolute atomic E-state index is 0.116. The molecule has 1 N–H and O–H groups in total. The third-order valence-electron chi connectivity index (χ3n) is 2.75. The van der Waals surface area contributed by atoms with Crippen molar-refractivity contribution in [3.63, 3.8) is 0 Å². The number of hydrogen-bond donors (Lipinski definition) is 1. The summed E-state index contributed by atoms with van der Waals surface area (Å²) in [5, 5.41) is 3.34. The topological polar surface area (TPSA) is 12.0 Å². The molecule has 0 bridgehead atoms. The highest BCUT2D eigenvalue weighted by molar-refractivity contribution is 5.22. The standard InChI is InChI=1S/C12H14FN/c1-2-9-7-8-12(14-9)10-5-3-4-6-11(10)13/h2-6,9,12,14H,1,7-8H2/t9-,12-/m1/s1. The molecule has 1 heterocycles. The molecule has 0 saturated carbocycles. The van der Waals surface area contributed by atoms with Crippen LogP contribution in [0.15, 0.2) is 36.9 Å². The Bertz CT molecular complexity index is 335. The van der Waals surface area contributed by atoms with Crippen molar-refractivity contribution in [2.24, 2.45) is 0 Å². The lowest BCUT2D eigenvalue weighted by Crippen LogP contribution is -2.22. The van der Waals surface area contributed by atoms with Crippen LogP contribution >= 0.6 is 0 Å². The van der Waals surface area contributed by atoms with Gasteiger partial charge < -0.3 is 5.32 Å². The van der Waals surface area contributed by atoms with Gasteiger partial charge in [-0.25, -0.2) is 4.39 Å². The van der Waals surface area contributed by atoms with E-state index in [0.29, 0.717) is 6.04 Å². The van der Waals surface area contributed by atoms with E-state index in [2.05, 4.69) is 11.9 Å². The number of hydrogen-bond acceptors (Lipinski definition) is 1. The maximum absolute atomic E-state index is 13.4. The Morgan fingerprint density at radius 2 is 2.14 bits per heavy atom. The van der Waals surface area contributed by atoms with E-state index < -0.39 is 0 Å². The first-order valence-electron chi connectivity index (χ1n) is 4.94. The van der Waals surface area contributed by atoms with Crippen LogP contribution in [0.1, 0.15) is 24.4 Å². The maximum Gasteiger partial charge on any atom is 0.127 e. The van der Waals surface area contributed by atoms with Gasteiger partial charge in [0.1, 0.15) is 5.82 Å². The van der Waals surface area contributed by atoms with E-state index in [9.17, 15) is 4.39 Å². The summed E-state index contributed by atoms with van der Waals surface area (Å²) in [5.74, 6) is -0.116. The van der Waals surface area contributed by atoms with Gasteiger partial charge in [-0.3, -0.25) is 0 Å². The molecule has 1 aromatic carbocycles. The highest BCUT2D eigenvalue weighted by Gasteiger charge is 2.24. The zero-order valence-electron chi connectivity index (χ0n) is 8.04. The lowest BCUT2D eigenvalue weighted by Gasteiger charge is -2.12. The third-order valence-corrected chi connectivity index (χ3v) is 2.75. The highest BCUT2D eigenvalue weighted by atomic mass is 19.1. The monoisotopic (exact) mass is 191 g/mol. The molecule has 1 aromatic rings. The summed E-state index contributed by atoms with van der Waals surface area (Å²) < 4.78 is 13.4. The molecule has 0 spiro atoms. The minimum atomic E-state index is -0.116. The van der Waals surface area contributed by atoms with Crippen molar-refractivity contribution in [1.82, 2.24) is 5.32 Å². The molecule has 2 atom stereocenters. The van der Waals surface area contributed by atoms with Crippen molar-refractivity contribution in [1.29, 1.82) is 0 Å². The maximum atomic E-state index is 13.4. The summed E-state index contributed by atoms with van der Waals surface area (Å²) in [6.45, 7) is 3.74. The molecule has 2 rings (SSSR count). The predicted molar refractivity (Wildman–Crippen MR) is 55.5 cm³/mol. The van der Waals surface area contributed by atoms with Gasteiger partial charge in [-0.15, -0.1) is 6.58 Å². The fourth-order valence-electron chi connectivity index (χ4n) is 1.96. The molecule has 1 saturated heterocycles. The van der Waals surface area contributed by atoms with Crippen LogP contribution in [0.25, 0.3) is 0 Å². The quantitative estimate of drug-likeness (QED) is 0.709. The summed E-state index contributed by atoms with van der Waals surface area (Å²) >= 11 is 0. The van der Waals surface area contributed by atoms with Gasteiger partial charge in [-0.05, 0) is 18.9 Å². The van der Waals surface area contributed by atoms with Gasteiger partial charge in [0.15, 0.2) is 0 Å². The van der Waals surface area contributed by atoms with E-state index in [0.717, 1.165) is 18.4 Å². The smallest absolute Gasteiger partial charge is 0.127 e. The summed E-state index contributed by atoms with van der Waals surface area (Å²) in [4.78, 5) is 0. The van der Waals surface area contributed by atoms with E-state index in [1.165, 1.54) is 6.07 Å². The van der Waals surface area contributed by atoms with Crippen molar-refractivity contribution >= 4 is 0 Å². The fraction of sp³-hybridized carbons (Fsp3) is 0.333. The first kappa shape index (κ1) is 9.41. The number of halogens is 1. The van der Waals surface area contributed by atoms with E-state index in [1.807, 2.05) is 18.2 Å². The Morgan fingerprint density at radius 1 is 1.36 bits per heavy atom. The molecule has 74 valence electrons. The number of nitrogens with one attached hydrogen (secondary N) is 1. The molecular weight excluding hydrogens is 177 g/mol. The van der Waals surface area contributed by atoms with Crippen LogP contribution in [-0.4, -0.2) is 6.04 Å². The summed E-state index contributed by atoms with van der Waals surface area (Å²) in [7, 11) is 0. The predicted octanol–water partition coefficient (Wildman–Crippen LogP) is 2.80. The van der Waals surface area contributed by atoms with Gasteiger partial charge in [0.25, 0.3) is 0 Å². The van der Waals surface area contributed by atoms with Crippen molar-refractivity contribution in [2.45, 2.75) is 24.9 Å². The molecule has 0 radical (unpaired) electrons. The molecule has 2 heteroatoms. The molecule has 14 heavy (non-hydrogen) atoms. The van der Waals surface area contributed by atoms with Crippen LogP contribution in [-0.2, 0) is 0 Å². The second-order valence-corrected chi connectivity index (χ2v) is 3.66. The average Bonchev–Trinajstić information content (AvgIpc) is 2.67. The van der Waals surface area contributed by atoms with Crippen LogP contribution in [0.3, 0.4) is 0 Å². The lowest BCUT2D eigenvalue weighted by atomic mass is 10.0. The van der Waals surface area contributed by atoms with Gasteiger partial charge in [0, 0.05) is 17.6 Å². The van der Waals surface area contributed by atoms with Gasteiger partial charge >= 0.3 is 0 Å². The largest absolute Gasteiger partial charge is 0.304 e. The van der Waals surface area contributed by atoms with E-state index in [-0.39, 0.29) is 11.9 Å². The van der Waals surface area contributed by atoms with E-state index >= 15 is 0 Å². The molecule has 0 unspecified atom stereocenters. The molecule has 1 aliphatic heterocycles. The molecule has 0 aromatic heterocycles. The van der Waals surface area contributed by atoms with Crippen LogP contribution in [0.5, 0.6) is 0 Å². The van der Waals surface area contributed by atoms with Crippen molar-refractivity contribution in [3.05, 3.63) is 48.3 Å². The first-order chi connectivity index (χ1) is 6.81. The van der Waals surface area contributed by atoms with E-state index in [1.54, 1.807) is 6.07 Å². The molecule has 1 fully saturated rings. The van der Waals surface area contributed by atoms with Crippen LogP contribution < -0.4 is 5.32 Å². The zero-order chi connectivity index (χ0) is 9.97. The summed E-state index contributed by atoms with van der Waals surface area (Å²) in [6, 6.07) is 7.44. The normalized spacial score (nSPS) is 26.4. The van der Waals surface area contributed by atoms with Gasteiger partial charge in [-0.1, -0.05) is 24.3 Å². The zero-order valence-corrected chi connectivity index (χ0v) is 8.04. The second-order valence-electron chi connectivity index (χ2n) is 3.66. The van der Waals surface area contributed by atoms with Gasteiger partial charge in [0.2, 0.25) is 0 Å². The number of benzene rings is 1. The van der Waals surface area contributed by atoms with Crippen molar-refractivity contribution in [3.8, 4) is 0 Å². The molecule has 0 amide bonds. The molecule has 1 nitrogen and oxygen atoms in total. The fourth-order valence-corrected chi connectivity index (χ4v) is 1.96. The molecular formula is C12H14FN. The Morgan fingerprint density at radius 3 is 2.79 bits per heavy atom. The average molecular weight is 191 g/mol.